The maximum atomic E-state index is 12.1. The van der Waals surface area contributed by atoms with Crippen molar-refractivity contribution in [3.05, 3.63) is 11.8 Å². The molecule has 0 aliphatic heterocycles. The van der Waals surface area contributed by atoms with Crippen LogP contribution in [-0.4, -0.2) is 46.2 Å². The number of carbonyl (C=O) groups is 2. The number of aliphatic carboxylic acids is 1. The monoisotopic (exact) mass is 282 g/mol. The Labute approximate surface area is 116 Å². The standard InChI is InChI=1S/C13H18N2O5/c1-9-6-11(14-20-9)19-8-12(16)15(7-13(17)18)10-4-2-3-5-10/h6,10H,2-5,7-8H2,1H3,(H,17,18). The van der Waals surface area contributed by atoms with E-state index in [-0.39, 0.29) is 31.0 Å². The molecule has 20 heavy (non-hydrogen) atoms. The normalized spacial score (nSPS) is 15.2. The molecule has 1 aromatic heterocycles. The lowest BCUT2D eigenvalue weighted by atomic mass is 10.2. The molecule has 0 radical (unpaired) electrons. The largest absolute Gasteiger partial charge is 0.480 e. The zero-order valence-electron chi connectivity index (χ0n) is 11.4. The van der Waals surface area contributed by atoms with E-state index >= 15 is 0 Å². The van der Waals surface area contributed by atoms with Crippen molar-refractivity contribution in [1.82, 2.24) is 10.1 Å². The zero-order chi connectivity index (χ0) is 14.5. The van der Waals surface area contributed by atoms with Gasteiger partial charge in [-0.15, -0.1) is 0 Å². The van der Waals surface area contributed by atoms with Gasteiger partial charge < -0.3 is 19.3 Å². The van der Waals surface area contributed by atoms with Crippen LogP contribution in [0.2, 0.25) is 0 Å². The minimum Gasteiger partial charge on any atom is -0.480 e. The Bertz CT molecular complexity index is 479. The fourth-order valence-electron chi connectivity index (χ4n) is 2.41. The number of carbonyl (C=O) groups excluding carboxylic acids is 1. The predicted octanol–water partition coefficient (Wildman–Crippen LogP) is 1.22. The average Bonchev–Trinajstić information content (AvgIpc) is 3.04. The van der Waals surface area contributed by atoms with Gasteiger partial charge in [0.15, 0.2) is 6.61 Å². The van der Waals surface area contributed by atoms with E-state index in [0.717, 1.165) is 25.7 Å². The summed E-state index contributed by atoms with van der Waals surface area (Å²) in [4.78, 5) is 24.4. The number of carboxylic acid groups (broad SMARTS) is 1. The van der Waals surface area contributed by atoms with E-state index in [1.807, 2.05) is 0 Å². The van der Waals surface area contributed by atoms with Gasteiger partial charge in [0.25, 0.3) is 11.8 Å². The lowest BCUT2D eigenvalue weighted by Crippen LogP contribution is -2.44. The van der Waals surface area contributed by atoms with Crippen molar-refractivity contribution in [2.24, 2.45) is 0 Å². The molecule has 0 unspecified atom stereocenters. The Morgan fingerprint density at radius 1 is 1.50 bits per heavy atom. The first-order valence-electron chi connectivity index (χ1n) is 6.63. The highest BCUT2D eigenvalue weighted by atomic mass is 16.5. The molecule has 2 rings (SSSR count). The summed E-state index contributed by atoms with van der Waals surface area (Å²) in [7, 11) is 0. The third kappa shape index (κ3) is 3.72. The van der Waals surface area contributed by atoms with E-state index in [1.54, 1.807) is 13.0 Å². The highest BCUT2D eigenvalue weighted by molar-refractivity contribution is 5.82. The molecule has 1 heterocycles. The fourth-order valence-corrected chi connectivity index (χ4v) is 2.41. The number of ether oxygens (including phenoxy) is 1. The van der Waals surface area contributed by atoms with E-state index < -0.39 is 5.97 Å². The molecule has 0 saturated heterocycles. The first kappa shape index (κ1) is 14.4. The predicted molar refractivity (Wildman–Crippen MR) is 68.3 cm³/mol. The van der Waals surface area contributed by atoms with Gasteiger partial charge in [-0.2, -0.15) is 0 Å². The number of nitrogens with zero attached hydrogens (tertiary/aromatic N) is 2. The molecule has 0 aromatic carbocycles. The van der Waals surface area contributed by atoms with Crippen LogP contribution in [0.15, 0.2) is 10.6 Å². The van der Waals surface area contributed by atoms with Crippen molar-refractivity contribution < 1.29 is 24.0 Å². The lowest BCUT2D eigenvalue weighted by molar-refractivity contribution is -0.147. The summed E-state index contributed by atoms with van der Waals surface area (Å²) in [6.07, 6.45) is 3.75. The highest BCUT2D eigenvalue weighted by Gasteiger charge is 2.28. The molecule has 1 aromatic rings. The summed E-state index contributed by atoms with van der Waals surface area (Å²) in [5.74, 6) is -0.523. The third-order valence-electron chi connectivity index (χ3n) is 3.34. The van der Waals surface area contributed by atoms with Crippen LogP contribution in [-0.2, 0) is 9.59 Å². The molecule has 0 spiro atoms. The molecule has 1 aliphatic carbocycles. The Morgan fingerprint density at radius 2 is 2.20 bits per heavy atom. The van der Waals surface area contributed by atoms with Crippen LogP contribution in [0.3, 0.4) is 0 Å². The van der Waals surface area contributed by atoms with Crippen molar-refractivity contribution in [1.29, 1.82) is 0 Å². The Kier molecular flexibility index (Phi) is 4.60. The molecule has 0 atom stereocenters. The molecule has 1 N–H and O–H groups in total. The van der Waals surface area contributed by atoms with Crippen LogP contribution in [0.4, 0.5) is 0 Å². The van der Waals surface area contributed by atoms with Gasteiger partial charge in [-0.1, -0.05) is 12.8 Å². The number of carboxylic acids is 1. The molecular formula is C13H18N2O5. The SMILES string of the molecule is Cc1cc(OCC(=O)N(CC(=O)O)C2CCCC2)no1. The Balaban J connectivity index is 1.93. The first-order chi connectivity index (χ1) is 9.56. The highest BCUT2D eigenvalue weighted by Crippen LogP contribution is 2.23. The Hall–Kier alpha value is -2.05. The lowest BCUT2D eigenvalue weighted by Gasteiger charge is -2.27. The smallest absolute Gasteiger partial charge is 0.323 e. The summed E-state index contributed by atoms with van der Waals surface area (Å²) in [5, 5.41) is 12.5. The van der Waals surface area contributed by atoms with Crippen molar-refractivity contribution in [3.8, 4) is 5.88 Å². The number of rotatable bonds is 6. The quantitative estimate of drug-likeness (QED) is 0.843. The van der Waals surface area contributed by atoms with E-state index in [4.69, 9.17) is 14.4 Å². The molecule has 0 bridgehead atoms. The van der Waals surface area contributed by atoms with Crippen LogP contribution in [0, 0.1) is 6.92 Å². The molecule has 110 valence electrons. The minimum absolute atomic E-state index is 0.00115. The second-order valence-corrected chi connectivity index (χ2v) is 4.92. The van der Waals surface area contributed by atoms with E-state index in [0.29, 0.717) is 5.76 Å². The second-order valence-electron chi connectivity index (χ2n) is 4.92. The van der Waals surface area contributed by atoms with Crippen molar-refractivity contribution in [2.45, 2.75) is 38.6 Å². The molecule has 1 fully saturated rings. The van der Waals surface area contributed by atoms with E-state index in [2.05, 4.69) is 5.16 Å². The van der Waals surface area contributed by atoms with Gasteiger partial charge in [0, 0.05) is 12.1 Å². The fraction of sp³-hybridized carbons (Fsp3) is 0.615. The minimum atomic E-state index is -1.01. The number of amides is 1. The van der Waals surface area contributed by atoms with Gasteiger partial charge in [-0.3, -0.25) is 9.59 Å². The average molecular weight is 282 g/mol. The van der Waals surface area contributed by atoms with Crippen molar-refractivity contribution in [2.75, 3.05) is 13.2 Å². The summed E-state index contributed by atoms with van der Waals surface area (Å²) < 4.78 is 10.0. The molecule has 1 amide bonds. The van der Waals surface area contributed by atoms with Crippen LogP contribution in [0.5, 0.6) is 5.88 Å². The molecule has 7 heteroatoms. The third-order valence-corrected chi connectivity index (χ3v) is 3.34. The van der Waals surface area contributed by atoms with Gasteiger partial charge in [0.1, 0.15) is 12.3 Å². The maximum absolute atomic E-state index is 12.1. The van der Waals surface area contributed by atoms with Gasteiger partial charge >= 0.3 is 5.97 Å². The maximum Gasteiger partial charge on any atom is 0.323 e. The second kappa shape index (κ2) is 6.40. The van der Waals surface area contributed by atoms with Gasteiger partial charge in [0.05, 0.1) is 0 Å². The van der Waals surface area contributed by atoms with Gasteiger partial charge in [-0.25, -0.2) is 0 Å². The van der Waals surface area contributed by atoms with Crippen LogP contribution < -0.4 is 4.74 Å². The molecule has 1 aliphatic rings. The van der Waals surface area contributed by atoms with Gasteiger partial charge in [0.2, 0.25) is 0 Å². The summed E-state index contributed by atoms with van der Waals surface area (Å²) in [5.41, 5.74) is 0. The number of aryl methyl sites for hydroxylation is 1. The van der Waals surface area contributed by atoms with E-state index in [9.17, 15) is 9.59 Å². The topological polar surface area (TPSA) is 92.9 Å². The van der Waals surface area contributed by atoms with Crippen LogP contribution in [0.1, 0.15) is 31.4 Å². The summed E-state index contributed by atoms with van der Waals surface area (Å²) in [6.45, 7) is 1.21. The van der Waals surface area contributed by atoms with Gasteiger partial charge in [-0.05, 0) is 24.9 Å². The molecule has 7 nitrogen and oxygen atoms in total. The molecular weight excluding hydrogens is 264 g/mol. The van der Waals surface area contributed by atoms with Crippen LogP contribution >= 0.6 is 0 Å². The van der Waals surface area contributed by atoms with E-state index in [1.165, 1.54) is 4.90 Å². The summed E-state index contributed by atoms with van der Waals surface area (Å²) >= 11 is 0. The number of aromatic nitrogens is 1. The molecule has 1 saturated carbocycles. The zero-order valence-corrected chi connectivity index (χ0v) is 11.4. The number of hydrogen-bond acceptors (Lipinski definition) is 5. The summed E-state index contributed by atoms with van der Waals surface area (Å²) in [6, 6.07) is 1.57. The van der Waals surface area contributed by atoms with Crippen molar-refractivity contribution in [3.63, 3.8) is 0 Å². The van der Waals surface area contributed by atoms with Crippen LogP contribution in [0.25, 0.3) is 0 Å². The number of hydrogen-bond donors (Lipinski definition) is 1. The van der Waals surface area contributed by atoms with Crippen molar-refractivity contribution >= 4 is 11.9 Å². The first-order valence-corrected chi connectivity index (χ1v) is 6.63. The Morgan fingerprint density at radius 3 is 2.75 bits per heavy atom.